The van der Waals surface area contributed by atoms with Gasteiger partial charge in [0, 0.05) is 50.0 Å². The Hall–Kier alpha value is -5.86. The molecule has 2 heteroatoms. The fourth-order valence-corrected chi connectivity index (χ4v) is 10.3. The third kappa shape index (κ3) is 2.21. The molecule has 4 aliphatic heterocycles. The van der Waals surface area contributed by atoms with Gasteiger partial charge >= 0.3 is 0 Å². The molecule has 0 N–H and O–H groups in total. The predicted molar refractivity (Wildman–Crippen MR) is 188 cm³/mol. The first-order chi connectivity index (χ1) is 22.9. The van der Waals surface area contributed by atoms with Crippen molar-refractivity contribution in [2.24, 2.45) is 0 Å². The quantitative estimate of drug-likeness (QED) is 0.173. The summed E-state index contributed by atoms with van der Waals surface area (Å²) in [6.07, 6.45) is 0. The first-order valence-electron chi connectivity index (χ1n) is 16.4. The molecule has 0 bridgehead atoms. The van der Waals surface area contributed by atoms with Crippen molar-refractivity contribution in [3.8, 4) is 55.6 Å². The molecule has 0 spiro atoms. The molecule has 0 amide bonds. The molecule has 5 heterocycles. The molecule has 0 saturated heterocycles. The van der Waals surface area contributed by atoms with E-state index in [9.17, 15) is 0 Å². The molecule has 0 radical (unpaired) electrons. The van der Waals surface area contributed by atoms with E-state index in [0.717, 1.165) is 0 Å². The standard InChI is InChI=1S/C44H24N2/c1-3-14-27-23(11-1)28-18-10-20-32-39-36-30-16-6-8-22-34(30)45-33-21-7-5-12-24(33)25-17-9-19-31-35(25)43(45)40(36)37(31)38-26-13-2-4-15-29(26)41(27)46(42(28)32)44(38)39/h1-22,41,43H. The summed E-state index contributed by atoms with van der Waals surface area (Å²) in [6.45, 7) is 0. The van der Waals surface area contributed by atoms with Crippen LogP contribution in [0.15, 0.2) is 133 Å². The summed E-state index contributed by atoms with van der Waals surface area (Å²) in [5.74, 6) is 0. The van der Waals surface area contributed by atoms with Crippen LogP contribution in [0.5, 0.6) is 0 Å². The Balaban J connectivity index is 1.35. The smallest absolute Gasteiger partial charge is 0.0869 e. The van der Waals surface area contributed by atoms with E-state index >= 15 is 0 Å². The maximum absolute atomic E-state index is 2.73. The number of fused-ring (bicyclic) bond motifs is 16. The maximum Gasteiger partial charge on any atom is 0.0869 e. The predicted octanol–water partition coefficient (Wildman–Crippen LogP) is 11.3. The van der Waals surface area contributed by atoms with Gasteiger partial charge in [0.05, 0.1) is 23.1 Å². The van der Waals surface area contributed by atoms with Gasteiger partial charge in [-0.05, 0) is 62.2 Å². The van der Waals surface area contributed by atoms with Crippen molar-refractivity contribution in [2.75, 3.05) is 4.90 Å². The molecule has 7 aromatic carbocycles. The molecule has 2 atom stereocenters. The highest BCUT2D eigenvalue weighted by Gasteiger charge is 2.49. The minimum atomic E-state index is 0.135. The number of anilines is 2. The molecule has 13 rings (SSSR count). The molecule has 1 aromatic heterocycles. The van der Waals surface area contributed by atoms with Crippen LogP contribution in [0.2, 0.25) is 0 Å². The van der Waals surface area contributed by atoms with Gasteiger partial charge in [0.25, 0.3) is 0 Å². The summed E-state index contributed by atoms with van der Waals surface area (Å²) in [5, 5.41) is 2.78. The summed E-state index contributed by atoms with van der Waals surface area (Å²) in [4.78, 5) is 2.66. The van der Waals surface area contributed by atoms with Crippen LogP contribution in [0.3, 0.4) is 0 Å². The number of aromatic nitrogens is 1. The second-order valence-corrected chi connectivity index (χ2v) is 13.5. The molecular formula is C44H24N2. The summed E-state index contributed by atoms with van der Waals surface area (Å²) >= 11 is 0. The van der Waals surface area contributed by atoms with Gasteiger partial charge in [0.15, 0.2) is 0 Å². The van der Waals surface area contributed by atoms with Crippen molar-refractivity contribution in [2.45, 2.75) is 12.1 Å². The third-order valence-corrected chi connectivity index (χ3v) is 11.7. The Kier molecular flexibility index (Phi) is 3.60. The zero-order chi connectivity index (χ0) is 29.4. The van der Waals surface area contributed by atoms with E-state index in [1.807, 2.05) is 0 Å². The van der Waals surface area contributed by atoms with E-state index in [1.54, 1.807) is 0 Å². The van der Waals surface area contributed by atoms with Gasteiger partial charge in [-0.2, -0.15) is 0 Å². The van der Waals surface area contributed by atoms with Crippen LogP contribution in [0.25, 0.3) is 77.4 Å². The van der Waals surface area contributed by atoms with Crippen molar-refractivity contribution in [3.05, 3.63) is 156 Å². The highest BCUT2D eigenvalue weighted by atomic mass is 15.2. The van der Waals surface area contributed by atoms with Crippen molar-refractivity contribution < 1.29 is 0 Å². The van der Waals surface area contributed by atoms with E-state index in [-0.39, 0.29) is 12.1 Å². The van der Waals surface area contributed by atoms with Gasteiger partial charge < -0.3 is 9.47 Å². The van der Waals surface area contributed by atoms with Gasteiger partial charge in [-0.25, -0.2) is 0 Å². The summed E-state index contributed by atoms with van der Waals surface area (Å²) in [6, 6.07) is 50.9. The zero-order valence-electron chi connectivity index (χ0n) is 24.8. The molecule has 5 aliphatic rings. The highest BCUT2D eigenvalue weighted by Crippen LogP contribution is 2.69. The molecule has 2 nitrogen and oxygen atoms in total. The Bertz CT molecular complexity index is 2780. The zero-order valence-corrected chi connectivity index (χ0v) is 24.8. The third-order valence-electron chi connectivity index (χ3n) is 11.7. The Morgan fingerprint density at radius 3 is 1.83 bits per heavy atom. The second-order valence-electron chi connectivity index (χ2n) is 13.5. The van der Waals surface area contributed by atoms with Crippen LogP contribution in [-0.4, -0.2) is 4.57 Å². The normalized spacial score (nSPS) is 17.5. The van der Waals surface area contributed by atoms with E-state index in [4.69, 9.17) is 0 Å². The largest absolute Gasteiger partial charge is 0.329 e. The first-order valence-corrected chi connectivity index (χ1v) is 16.4. The lowest BCUT2D eigenvalue weighted by atomic mass is 9.77. The minimum Gasteiger partial charge on any atom is -0.329 e. The van der Waals surface area contributed by atoms with E-state index in [2.05, 4.69) is 143 Å². The van der Waals surface area contributed by atoms with Crippen LogP contribution in [-0.2, 0) is 0 Å². The van der Waals surface area contributed by atoms with E-state index in [0.29, 0.717) is 0 Å². The van der Waals surface area contributed by atoms with Gasteiger partial charge in [0.2, 0.25) is 0 Å². The van der Waals surface area contributed by atoms with Crippen LogP contribution in [0.4, 0.5) is 11.4 Å². The Labute approximate surface area is 265 Å². The number of para-hydroxylation sites is 3. The van der Waals surface area contributed by atoms with Crippen LogP contribution in [0, 0.1) is 0 Å². The van der Waals surface area contributed by atoms with Gasteiger partial charge in [-0.15, -0.1) is 0 Å². The fraction of sp³-hybridized carbons (Fsp3) is 0.0455. The Morgan fingerprint density at radius 1 is 0.370 bits per heavy atom. The molecule has 0 saturated carbocycles. The average Bonchev–Trinajstić information content (AvgIpc) is 3.65. The number of nitrogens with zero attached hydrogens (tertiary/aromatic N) is 2. The Morgan fingerprint density at radius 2 is 0.978 bits per heavy atom. The molecule has 2 unspecified atom stereocenters. The van der Waals surface area contributed by atoms with Gasteiger partial charge in [-0.3, -0.25) is 0 Å². The second kappa shape index (κ2) is 7.33. The van der Waals surface area contributed by atoms with E-state index in [1.165, 1.54) is 111 Å². The highest BCUT2D eigenvalue weighted by molar-refractivity contribution is 6.28. The molecule has 46 heavy (non-hydrogen) atoms. The minimum absolute atomic E-state index is 0.135. The van der Waals surface area contributed by atoms with Crippen LogP contribution < -0.4 is 4.90 Å². The van der Waals surface area contributed by atoms with Gasteiger partial charge in [0.1, 0.15) is 0 Å². The molecular weight excluding hydrogens is 556 g/mol. The monoisotopic (exact) mass is 580 g/mol. The summed E-state index contributed by atoms with van der Waals surface area (Å²) < 4.78 is 2.73. The topological polar surface area (TPSA) is 8.17 Å². The number of rotatable bonds is 0. The van der Waals surface area contributed by atoms with Crippen molar-refractivity contribution in [1.82, 2.24) is 4.57 Å². The van der Waals surface area contributed by atoms with Crippen molar-refractivity contribution in [1.29, 1.82) is 0 Å². The first kappa shape index (κ1) is 22.6. The summed E-state index contributed by atoms with van der Waals surface area (Å²) in [7, 11) is 0. The van der Waals surface area contributed by atoms with Crippen molar-refractivity contribution >= 4 is 33.2 Å². The maximum atomic E-state index is 2.73. The van der Waals surface area contributed by atoms with Gasteiger partial charge in [-0.1, -0.05) is 121 Å². The average molecular weight is 581 g/mol. The molecule has 8 aromatic rings. The number of hydrogen-bond donors (Lipinski definition) is 0. The van der Waals surface area contributed by atoms with E-state index < -0.39 is 0 Å². The van der Waals surface area contributed by atoms with Crippen LogP contribution in [0.1, 0.15) is 34.3 Å². The molecule has 210 valence electrons. The molecule has 0 fully saturated rings. The molecule has 1 aliphatic carbocycles. The number of hydrogen-bond acceptors (Lipinski definition) is 1. The lowest BCUT2D eigenvalue weighted by Crippen LogP contribution is -2.30. The lowest BCUT2D eigenvalue weighted by Gasteiger charge is -2.43. The fourth-order valence-electron chi connectivity index (χ4n) is 10.3. The number of benzene rings is 7. The SMILES string of the molecule is c1ccc2c(c1)-c1cccc3c4c5c6c(c7c4n(c13)C2c1ccccc1-7)-c1cccc2c1C6N(c1ccccc1-2)c1ccccc1-5. The van der Waals surface area contributed by atoms with Crippen LogP contribution >= 0.6 is 0 Å². The lowest BCUT2D eigenvalue weighted by molar-refractivity contribution is 0.717. The van der Waals surface area contributed by atoms with Crippen molar-refractivity contribution in [3.63, 3.8) is 0 Å². The summed E-state index contributed by atoms with van der Waals surface area (Å²) in [5.41, 5.74) is 24.9.